The van der Waals surface area contributed by atoms with Gasteiger partial charge in [0.2, 0.25) is 10.0 Å². The highest BCUT2D eigenvalue weighted by molar-refractivity contribution is 7.89. The SMILES string of the molecule is CC(C)Cc1ccc(S(=O)(=O)N2C[C@H](C)C[C@H](C)C2)cc1. The maximum Gasteiger partial charge on any atom is 0.243 e. The first-order valence-electron chi connectivity index (χ1n) is 7.88. The lowest BCUT2D eigenvalue weighted by atomic mass is 9.94. The molecule has 1 aliphatic heterocycles. The Hall–Kier alpha value is -0.870. The molecule has 1 aromatic rings. The predicted molar refractivity (Wildman–Crippen MR) is 86.7 cm³/mol. The molecule has 0 saturated carbocycles. The van der Waals surface area contributed by atoms with E-state index >= 15 is 0 Å². The van der Waals surface area contributed by atoms with Gasteiger partial charge in [-0.1, -0.05) is 39.8 Å². The van der Waals surface area contributed by atoms with E-state index in [1.54, 1.807) is 16.4 Å². The highest BCUT2D eigenvalue weighted by atomic mass is 32.2. The van der Waals surface area contributed by atoms with E-state index in [9.17, 15) is 8.42 Å². The topological polar surface area (TPSA) is 37.4 Å². The van der Waals surface area contributed by atoms with E-state index in [-0.39, 0.29) is 0 Å². The largest absolute Gasteiger partial charge is 0.243 e. The van der Waals surface area contributed by atoms with Crippen molar-refractivity contribution in [1.29, 1.82) is 0 Å². The zero-order valence-electron chi connectivity index (χ0n) is 13.5. The van der Waals surface area contributed by atoms with Gasteiger partial charge in [-0.3, -0.25) is 0 Å². The van der Waals surface area contributed by atoms with Crippen LogP contribution < -0.4 is 0 Å². The Kier molecular flexibility index (Phi) is 5.10. The van der Waals surface area contributed by atoms with Gasteiger partial charge in [0.25, 0.3) is 0 Å². The summed E-state index contributed by atoms with van der Waals surface area (Å²) in [5, 5.41) is 0. The van der Waals surface area contributed by atoms with Crippen molar-refractivity contribution < 1.29 is 8.42 Å². The number of hydrogen-bond donors (Lipinski definition) is 0. The second kappa shape index (κ2) is 6.49. The fourth-order valence-electron chi connectivity index (χ4n) is 3.22. The number of rotatable bonds is 4. The average molecular weight is 309 g/mol. The van der Waals surface area contributed by atoms with Crippen LogP contribution in [0, 0.1) is 17.8 Å². The third kappa shape index (κ3) is 4.07. The Morgan fingerprint density at radius 1 is 1.10 bits per heavy atom. The van der Waals surface area contributed by atoms with Crippen molar-refractivity contribution in [2.45, 2.75) is 45.4 Å². The van der Waals surface area contributed by atoms with Crippen LogP contribution in [0.1, 0.15) is 39.7 Å². The molecule has 0 bridgehead atoms. The fraction of sp³-hybridized carbons (Fsp3) is 0.647. The molecular weight excluding hydrogens is 282 g/mol. The van der Waals surface area contributed by atoms with Crippen molar-refractivity contribution in [1.82, 2.24) is 4.31 Å². The molecule has 2 atom stereocenters. The highest BCUT2D eigenvalue weighted by Gasteiger charge is 2.31. The molecule has 1 fully saturated rings. The lowest BCUT2D eigenvalue weighted by molar-refractivity contribution is 0.222. The normalized spacial score (nSPS) is 24.4. The first-order chi connectivity index (χ1) is 9.79. The molecule has 0 aliphatic carbocycles. The average Bonchev–Trinajstić information content (AvgIpc) is 2.37. The maximum atomic E-state index is 12.7. The minimum absolute atomic E-state index is 0.427. The first-order valence-corrected chi connectivity index (χ1v) is 9.32. The van der Waals surface area contributed by atoms with Crippen molar-refractivity contribution in [3.63, 3.8) is 0 Å². The summed E-state index contributed by atoms with van der Waals surface area (Å²) in [6, 6.07) is 7.42. The molecule has 0 amide bonds. The van der Waals surface area contributed by atoms with Crippen LogP contribution in [0.3, 0.4) is 0 Å². The van der Waals surface area contributed by atoms with Crippen LogP contribution >= 0.6 is 0 Å². The molecule has 4 heteroatoms. The molecule has 0 spiro atoms. The van der Waals surface area contributed by atoms with Crippen molar-refractivity contribution in [2.75, 3.05) is 13.1 Å². The predicted octanol–water partition coefficient (Wildman–Crippen LogP) is 3.55. The van der Waals surface area contributed by atoms with E-state index in [0.717, 1.165) is 12.8 Å². The molecule has 1 aliphatic rings. The van der Waals surface area contributed by atoms with Gasteiger partial charge in [-0.15, -0.1) is 0 Å². The van der Waals surface area contributed by atoms with Crippen molar-refractivity contribution >= 4 is 10.0 Å². The number of sulfonamides is 1. The lowest BCUT2D eigenvalue weighted by Gasteiger charge is -2.34. The van der Waals surface area contributed by atoms with Gasteiger partial charge in [-0.25, -0.2) is 8.42 Å². The smallest absolute Gasteiger partial charge is 0.207 e. The summed E-state index contributed by atoms with van der Waals surface area (Å²) in [5.74, 6) is 1.45. The van der Waals surface area contributed by atoms with Crippen LogP contribution in [0.5, 0.6) is 0 Å². The van der Waals surface area contributed by atoms with E-state index in [0.29, 0.717) is 35.7 Å². The Bertz CT molecular complexity index is 553. The van der Waals surface area contributed by atoms with Gasteiger partial charge in [0.15, 0.2) is 0 Å². The third-order valence-electron chi connectivity index (χ3n) is 4.04. The van der Waals surface area contributed by atoms with Gasteiger partial charge in [0.1, 0.15) is 0 Å². The van der Waals surface area contributed by atoms with E-state index in [1.807, 2.05) is 12.1 Å². The van der Waals surface area contributed by atoms with E-state index in [1.165, 1.54) is 5.56 Å². The minimum Gasteiger partial charge on any atom is -0.207 e. The van der Waals surface area contributed by atoms with Crippen LogP contribution in [0.15, 0.2) is 29.2 Å². The van der Waals surface area contributed by atoms with Crippen molar-refractivity contribution in [3.05, 3.63) is 29.8 Å². The fourth-order valence-corrected chi connectivity index (χ4v) is 4.90. The molecule has 3 nitrogen and oxygen atoms in total. The minimum atomic E-state index is -3.34. The standard InChI is InChI=1S/C17H27NO2S/c1-13(2)9-16-5-7-17(8-6-16)21(19,20)18-11-14(3)10-15(4)12-18/h5-8,13-15H,9-12H2,1-4H3/t14-,15+. The highest BCUT2D eigenvalue weighted by Crippen LogP contribution is 2.26. The van der Waals surface area contributed by atoms with Crippen LogP contribution in [-0.4, -0.2) is 25.8 Å². The summed E-state index contributed by atoms with van der Waals surface area (Å²) in [4.78, 5) is 0.427. The molecule has 1 aromatic carbocycles. The molecular formula is C17H27NO2S. The Morgan fingerprint density at radius 3 is 2.10 bits per heavy atom. The van der Waals surface area contributed by atoms with E-state index in [2.05, 4.69) is 27.7 Å². The number of benzene rings is 1. The number of hydrogen-bond acceptors (Lipinski definition) is 2. The van der Waals surface area contributed by atoms with Gasteiger partial charge in [0, 0.05) is 13.1 Å². The molecule has 21 heavy (non-hydrogen) atoms. The zero-order chi connectivity index (χ0) is 15.6. The van der Waals surface area contributed by atoms with Crippen LogP contribution in [0.25, 0.3) is 0 Å². The summed E-state index contributed by atoms with van der Waals surface area (Å²) in [6.07, 6.45) is 2.09. The second-order valence-electron chi connectivity index (χ2n) is 7.01. The van der Waals surface area contributed by atoms with Gasteiger partial charge in [0.05, 0.1) is 4.90 Å². The van der Waals surface area contributed by atoms with Gasteiger partial charge < -0.3 is 0 Å². The third-order valence-corrected chi connectivity index (χ3v) is 5.89. The summed E-state index contributed by atoms with van der Waals surface area (Å²) in [5.41, 5.74) is 1.20. The second-order valence-corrected chi connectivity index (χ2v) is 8.95. The molecule has 0 aromatic heterocycles. The van der Waals surface area contributed by atoms with Crippen LogP contribution in [0.4, 0.5) is 0 Å². The van der Waals surface area contributed by atoms with Gasteiger partial charge in [-0.2, -0.15) is 4.31 Å². The van der Waals surface area contributed by atoms with Gasteiger partial charge >= 0.3 is 0 Å². The molecule has 1 saturated heterocycles. The summed E-state index contributed by atoms with van der Waals surface area (Å²) in [7, 11) is -3.34. The summed E-state index contributed by atoms with van der Waals surface area (Å²) in [6.45, 7) is 9.87. The molecule has 1 heterocycles. The summed E-state index contributed by atoms with van der Waals surface area (Å²) >= 11 is 0. The number of nitrogens with zero attached hydrogens (tertiary/aromatic N) is 1. The Balaban J connectivity index is 2.19. The van der Waals surface area contributed by atoms with E-state index in [4.69, 9.17) is 0 Å². The Labute approximate surface area is 129 Å². The maximum absolute atomic E-state index is 12.7. The first kappa shape index (κ1) is 16.5. The van der Waals surface area contributed by atoms with Crippen LogP contribution in [0.2, 0.25) is 0 Å². The lowest BCUT2D eigenvalue weighted by Crippen LogP contribution is -2.42. The molecule has 2 rings (SSSR count). The molecule has 0 radical (unpaired) electrons. The van der Waals surface area contributed by atoms with Crippen molar-refractivity contribution in [3.8, 4) is 0 Å². The monoisotopic (exact) mass is 309 g/mol. The zero-order valence-corrected chi connectivity index (χ0v) is 14.4. The summed E-state index contributed by atoms with van der Waals surface area (Å²) < 4.78 is 27.1. The number of piperidine rings is 1. The van der Waals surface area contributed by atoms with Crippen molar-refractivity contribution in [2.24, 2.45) is 17.8 Å². The molecule has 118 valence electrons. The molecule has 0 N–H and O–H groups in total. The van der Waals surface area contributed by atoms with Crippen LogP contribution in [-0.2, 0) is 16.4 Å². The molecule has 0 unspecified atom stereocenters. The van der Waals surface area contributed by atoms with Gasteiger partial charge in [-0.05, 0) is 48.3 Å². The van der Waals surface area contributed by atoms with E-state index < -0.39 is 10.0 Å². The Morgan fingerprint density at radius 2 is 1.62 bits per heavy atom. The quantitative estimate of drug-likeness (QED) is 0.853.